The maximum atomic E-state index is 5.43. The molecule has 0 aliphatic heterocycles. The molecule has 0 saturated heterocycles. The number of allylic oxidation sites excluding steroid dienone is 3. The second-order valence-corrected chi connectivity index (χ2v) is 2.33. The molecular formula is C6H11ClN2. The zero-order chi connectivity index (χ0) is 7.44. The van der Waals surface area contributed by atoms with Crippen LogP contribution in [-0.2, 0) is 0 Å². The second-order valence-electron chi connectivity index (χ2n) is 1.92. The normalized spacial score (nSPS) is 15.2. The number of halogens is 1. The van der Waals surface area contributed by atoms with Gasteiger partial charge in [0.25, 0.3) is 0 Å². The summed E-state index contributed by atoms with van der Waals surface area (Å²) in [6, 6.07) is 0. The van der Waals surface area contributed by atoms with Crippen LogP contribution in [0.15, 0.2) is 22.5 Å². The molecular weight excluding hydrogens is 136 g/mol. The van der Waals surface area contributed by atoms with Crippen molar-refractivity contribution in [2.45, 2.75) is 13.8 Å². The van der Waals surface area contributed by atoms with E-state index in [1.807, 2.05) is 0 Å². The van der Waals surface area contributed by atoms with Gasteiger partial charge in [0.15, 0.2) is 0 Å². The van der Waals surface area contributed by atoms with Crippen LogP contribution >= 0.6 is 11.6 Å². The van der Waals surface area contributed by atoms with Crippen molar-refractivity contribution < 1.29 is 0 Å². The highest BCUT2D eigenvalue weighted by Crippen LogP contribution is 2.04. The zero-order valence-corrected chi connectivity index (χ0v) is 6.37. The molecule has 0 aromatic carbocycles. The topological polar surface area (TPSA) is 52.0 Å². The summed E-state index contributed by atoms with van der Waals surface area (Å²) in [7, 11) is 0. The first kappa shape index (κ1) is 8.37. The second kappa shape index (κ2) is 3.41. The Morgan fingerprint density at radius 2 is 1.78 bits per heavy atom. The summed E-state index contributed by atoms with van der Waals surface area (Å²) in [5.74, 6) is 0. The molecule has 0 aliphatic rings. The summed E-state index contributed by atoms with van der Waals surface area (Å²) in [6.45, 7) is 3.59. The molecule has 0 aliphatic carbocycles. The van der Waals surface area contributed by atoms with Gasteiger partial charge in [0.05, 0.1) is 0 Å². The van der Waals surface area contributed by atoms with E-state index in [0.29, 0.717) is 10.9 Å². The SMILES string of the molecule is C/C(N)=C/C(C)=C(\N)Cl. The fourth-order valence-electron chi connectivity index (χ4n) is 0.410. The monoisotopic (exact) mass is 146 g/mol. The van der Waals surface area contributed by atoms with Crippen LogP contribution in [0.2, 0.25) is 0 Å². The lowest BCUT2D eigenvalue weighted by molar-refractivity contribution is 1.27. The van der Waals surface area contributed by atoms with Crippen molar-refractivity contribution in [1.82, 2.24) is 0 Å². The van der Waals surface area contributed by atoms with E-state index in [0.717, 1.165) is 5.57 Å². The molecule has 0 unspecified atom stereocenters. The van der Waals surface area contributed by atoms with Gasteiger partial charge in [0, 0.05) is 5.70 Å². The Kier molecular flexibility index (Phi) is 3.17. The Hall–Kier alpha value is -0.630. The minimum Gasteiger partial charge on any atom is -0.402 e. The third-order valence-corrected chi connectivity index (χ3v) is 1.12. The quantitative estimate of drug-likeness (QED) is 0.433. The largest absolute Gasteiger partial charge is 0.402 e. The fraction of sp³-hybridized carbons (Fsp3) is 0.333. The van der Waals surface area contributed by atoms with E-state index < -0.39 is 0 Å². The van der Waals surface area contributed by atoms with Gasteiger partial charge in [0.2, 0.25) is 0 Å². The number of hydrogen-bond donors (Lipinski definition) is 2. The maximum Gasteiger partial charge on any atom is 0.102 e. The molecule has 0 heterocycles. The van der Waals surface area contributed by atoms with Crippen molar-refractivity contribution in [3.8, 4) is 0 Å². The van der Waals surface area contributed by atoms with Crippen LogP contribution in [0.5, 0.6) is 0 Å². The standard InChI is InChI=1S/C6H11ClN2/c1-4(6(7)9)3-5(2)8/h3H,8-9H2,1-2H3/b5-3-,6-4-. The van der Waals surface area contributed by atoms with Crippen molar-refractivity contribution in [3.05, 3.63) is 22.5 Å². The molecule has 0 spiro atoms. The lowest BCUT2D eigenvalue weighted by atomic mass is 10.3. The first-order chi connectivity index (χ1) is 4.04. The molecule has 0 saturated carbocycles. The smallest absolute Gasteiger partial charge is 0.102 e. The van der Waals surface area contributed by atoms with Crippen LogP contribution in [0.4, 0.5) is 0 Å². The molecule has 0 fully saturated rings. The average Bonchev–Trinajstić information content (AvgIpc) is 1.63. The molecule has 52 valence electrons. The predicted octanol–water partition coefficient (Wildman–Crippen LogP) is 1.28. The maximum absolute atomic E-state index is 5.43. The molecule has 3 heteroatoms. The van der Waals surface area contributed by atoms with E-state index in [1.165, 1.54) is 0 Å². The van der Waals surface area contributed by atoms with Gasteiger partial charge in [0.1, 0.15) is 5.16 Å². The molecule has 4 N–H and O–H groups in total. The van der Waals surface area contributed by atoms with Crippen molar-refractivity contribution >= 4 is 11.6 Å². The van der Waals surface area contributed by atoms with E-state index >= 15 is 0 Å². The van der Waals surface area contributed by atoms with Crippen LogP contribution in [-0.4, -0.2) is 0 Å². The van der Waals surface area contributed by atoms with Crippen LogP contribution in [0, 0.1) is 0 Å². The van der Waals surface area contributed by atoms with Gasteiger partial charge < -0.3 is 11.5 Å². The number of nitrogens with two attached hydrogens (primary N) is 2. The van der Waals surface area contributed by atoms with Gasteiger partial charge in [-0.3, -0.25) is 0 Å². The summed E-state index contributed by atoms with van der Waals surface area (Å²) in [5.41, 5.74) is 12.1. The van der Waals surface area contributed by atoms with Gasteiger partial charge in [-0.25, -0.2) is 0 Å². The van der Waals surface area contributed by atoms with Gasteiger partial charge >= 0.3 is 0 Å². The first-order valence-corrected chi connectivity index (χ1v) is 2.97. The van der Waals surface area contributed by atoms with Gasteiger partial charge in [-0.15, -0.1) is 0 Å². The highest BCUT2D eigenvalue weighted by molar-refractivity contribution is 6.29. The fourth-order valence-corrected chi connectivity index (χ4v) is 0.465. The minimum absolute atomic E-state index is 0.291. The van der Waals surface area contributed by atoms with E-state index in [9.17, 15) is 0 Å². The molecule has 0 amide bonds. The van der Waals surface area contributed by atoms with Crippen LogP contribution < -0.4 is 11.5 Å². The van der Waals surface area contributed by atoms with Crippen LogP contribution in [0.3, 0.4) is 0 Å². The number of rotatable bonds is 1. The molecule has 0 atom stereocenters. The molecule has 9 heavy (non-hydrogen) atoms. The molecule has 0 aromatic rings. The average molecular weight is 147 g/mol. The number of hydrogen-bond acceptors (Lipinski definition) is 2. The van der Waals surface area contributed by atoms with Gasteiger partial charge in [-0.1, -0.05) is 11.6 Å². The molecule has 2 nitrogen and oxygen atoms in total. The Labute approximate surface area is 60.2 Å². The Morgan fingerprint density at radius 1 is 1.33 bits per heavy atom. The van der Waals surface area contributed by atoms with Crippen LogP contribution in [0.25, 0.3) is 0 Å². The zero-order valence-electron chi connectivity index (χ0n) is 5.61. The predicted molar refractivity (Wildman–Crippen MR) is 40.7 cm³/mol. The van der Waals surface area contributed by atoms with E-state index in [-0.39, 0.29) is 0 Å². The third kappa shape index (κ3) is 3.91. The lowest BCUT2D eigenvalue weighted by Crippen LogP contribution is -1.95. The summed E-state index contributed by atoms with van der Waals surface area (Å²) >= 11 is 5.43. The third-order valence-electron chi connectivity index (χ3n) is 0.821. The summed E-state index contributed by atoms with van der Waals surface area (Å²) in [5, 5.41) is 0.291. The van der Waals surface area contributed by atoms with E-state index in [4.69, 9.17) is 23.1 Å². The van der Waals surface area contributed by atoms with E-state index in [1.54, 1.807) is 19.9 Å². The van der Waals surface area contributed by atoms with Crippen molar-refractivity contribution in [2.75, 3.05) is 0 Å². The van der Waals surface area contributed by atoms with Crippen molar-refractivity contribution in [2.24, 2.45) is 11.5 Å². The molecule has 0 aromatic heterocycles. The van der Waals surface area contributed by atoms with Crippen molar-refractivity contribution in [3.63, 3.8) is 0 Å². The minimum atomic E-state index is 0.291. The molecule has 0 bridgehead atoms. The molecule has 0 rings (SSSR count). The Balaban J connectivity index is 4.25. The summed E-state index contributed by atoms with van der Waals surface area (Å²) < 4.78 is 0. The first-order valence-electron chi connectivity index (χ1n) is 2.59. The van der Waals surface area contributed by atoms with E-state index in [2.05, 4.69) is 0 Å². The van der Waals surface area contributed by atoms with Gasteiger partial charge in [-0.05, 0) is 25.5 Å². The molecule has 0 radical (unpaired) electrons. The summed E-state index contributed by atoms with van der Waals surface area (Å²) in [6.07, 6.45) is 1.72. The Morgan fingerprint density at radius 3 is 1.89 bits per heavy atom. The van der Waals surface area contributed by atoms with Gasteiger partial charge in [-0.2, -0.15) is 0 Å². The Bertz CT molecular complexity index is 150. The van der Waals surface area contributed by atoms with Crippen molar-refractivity contribution in [1.29, 1.82) is 0 Å². The highest BCUT2D eigenvalue weighted by Gasteiger charge is 1.87. The lowest BCUT2D eigenvalue weighted by Gasteiger charge is -1.93. The highest BCUT2D eigenvalue weighted by atomic mass is 35.5. The van der Waals surface area contributed by atoms with Crippen LogP contribution in [0.1, 0.15) is 13.8 Å². The summed E-state index contributed by atoms with van der Waals surface area (Å²) in [4.78, 5) is 0.